The number of anilines is 1. The van der Waals surface area contributed by atoms with Crippen LogP contribution in [0.15, 0.2) is 72.3 Å². The minimum atomic E-state index is -2.95. The van der Waals surface area contributed by atoms with Crippen molar-refractivity contribution in [3.05, 3.63) is 77.9 Å². The summed E-state index contributed by atoms with van der Waals surface area (Å²) in [5, 5.41) is -0.457. The molecule has 3 aliphatic rings. The molecule has 2 heterocycles. The van der Waals surface area contributed by atoms with Crippen molar-refractivity contribution in [2.24, 2.45) is 17.8 Å². The van der Waals surface area contributed by atoms with E-state index in [1.165, 1.54) is 10.5 Å². The Hall–Kier alpha value is -2.33. The Balaban J connectivity index is 1.79. The van der Waals surface area contributed by atoms with Gasteiger partial charge in [-0.15, -0.1) is 0 Å². The molecule has 256 valence electrons. The van der Waals surface area contributed by atoms with Crippen molar-refractivity contribution in [2.45, 2.75) is 128 Å². The average molecular weight is 674 g/mol. The van der Waals surface area contributed by atoms with Gasteiger partial charge in [0.1, 0.15) is 5.60 Å². The van der Waals surface area contributed by atoms with Crippen molar-refractivity contribution < 1.29 is 18.4 Å². The minimum absolute atomic E-state index is 0.0850. The molecule has 0 radical (unpaired) electrons. The van der Waals surface area contributed by atoms with E-state index in [0.717, 1.165) is 5.56 Å². The highest BCUT2D eigenvalue weighted by Gasteiger charge is 2.75. The zero-order chi connectivity index (χ0) is 34.9. The first kappa shape index (κ1) is 36.0. The van der Waals surface area contributed by atoms with Gasteiger partial charge in [0.25, 0.3) is 0 Å². The Bertz CT molecular complexity index is 1470. The first-order valence-corrected chi connectivity index (χ1v) is 21.9. The number of carbonyl (C=O) groups excluding carboxylic acids is 2. The van der Waals surface area contributed by atoms with Crippen LogP contribution >= 0.6 is 0 Å². The van der Waals surface area contributed by atoms with E-state index in [-0.39, 0.29) is 33.3 Å². The Morgan fingerprint density at radius 1 is 0.787 bits per heavy atom. The molecule has 2 aromatic rings. The quantitative estimate of drug-likeness (QED) is 0.159. The third-order valence-corrected chi connectivity index (χ3v) is 24.9. The molecule has 0 N–H and O–H groups in total. The summed E-state index contributed by atoms with van der Waals surface area (Å²) >= 11 is 0. The van der Waals surface area contributed by atoms with Crippen LogP contribution in [0.4, 0.5) is 5.69 Å². The lowest BCUT2D eigenvalue weighted by molar-refractivity contribution is -0.123. The van der Waals surface area contributed by atoms with Gasteiger partial charge in [0, 0.05) is 18.1 Å². The standard InChI is InChI=1S/C40H59NO4Si2/c1-26(2)46(27(3)4,28(5)6)44-25-29-24-32-35(34-33(29)36(42)41(37(34)43)31-22-18-15-19-23-31)47(38(7,8)9,39(10,11)12)45-40(32,13)30-20-16-14-17-21-30/h14-24,26-29,33-35H,25H2,1-13H3/t29-,33-,34-,35-,40-/m0/s1. The van der Waals surface area contributed by atoms with E-state index in [0.29, 0.717) is 28.9 Å². The normalized spacial score (nSPS) is 27.9. The Morgan fingerprint density at radius 2 is 1.26 bits per heavy atom. The summed E-state index contributed by atoms with van der Waals surface area (Å²) in [6, 6.07) is 20.1. The fourth-order valence-electron chi connectivity index (χ4n) is 10.6. The molecular formula is C40H59NO4Si2. The predicted octanol–water partition coefficient (Wildman–Crippen LogP) is 10.4. The van der Waals surface area contributed by atoms with Crippen LogP contribution in [0.2, 0.25) is 32.2 Å². The van der Waals surface area contributed by atoms with E-state index in [2.05, 4.69) is 120 Å². The van der Waals surface area contributed by atoms with Crippen molar-refractivity contribution in [3.8, 4) is 0 Å². The molecule has 2 amide bonds. The fourth-order valence-corrected chi connectivity index (χ4v) is 23.5. The van der Waals surface area contributed by atoms with Gasteiger partial charge in [0.2, 0.25) is 20.1 Å². The van der Waals surface area contributed by atoms with E-state index < -0.39 is 34.1 Å². The monoisotopic (exact) mass is 673 g/mol. The maximum absolute atomic E-state index is 15.1. The summed E-state index contributed by atoms with van der Waals surface area (Å²) in [7, 11) is -5.21. The number of fused-ring (bicyclic) bond motifs is 3. The smallest absolute Gasteiger partial charge is 0.238 e. The zero-order valence-corrected chi connectivity index (χ0v) is 33.2. The van der Waals surface area contributed by atoms with Crippen molar-refractivity contribution in [3.63, 3.8) is 0 Å². The van der Waals surface area contributed by atoms with Gasteiger partial charge in [-0.25, -0.2) is 0 Å². The number of imide groups is 1. The van der Waals surface area contributed by atoms with Crippen molar-refractivity contribution in [1.82, 2.24) is 0 Å². The molecule has 1 aliphatic carbocycles. The third kappa shape index (κ3) is 5.30. The molecule has 7 heteroatoms. The maximum Gasteiger partial charge on any atom is 0.238 e. The van der Waals surface area contributed by atoms with Gasteiger partial charge >= 0.3 is 0 Å². The Labute approximate surface area is 286 Å². The third-order valence-electron chi connectivity index (χ3n) is 12.1. The number of para-hydroxylation sites is 1. The highest BCUT2D eigenvalue weighted by Crippen LogP contribution is 2.73. The maximum atomic E-state index is 15.1. The van der Waals surface area contributed by atoms with Crippen LogP contribution in [0.5, 0.6) is 0 Å². The molecule has 5 atom stereocenters. The summed E-state index contributed by atoms with van der Waals surface area (Å²) in [6.07, 6.45) is 2.37. The van der Waals surface area contributed by atoms with Gasteiger partial charge in [-0.1, -0.05) is 138 Å². The van der Waals surface area contributed by atoms with Gasteiger partial charge < -0.3 is 8.85 Å². The number of rotatable bonds is 8. The van der Waals surface area contributed by atoms with E-state index in [1.807, 2.05) is 36.4 Å². The molecule has 5 rings (SSSR count). The summed E-state index contributed by atoms with van der Waals surface area (Å²) in [4.78, 5) is 31.4. The Morgan fingerprint density at radius 3 is 1.72 bits per heavy atom. The molecule has 2 aromatic carbocycles. The first-order valence-electron chi connectivity index (χ1n) is 17.8. The second-order valence-corrected chi connectivity index (χ2v) is 28.3. The summed E-state index contributed by atoms with van der Waals surface area (Å²) in [5.74, 6) is -1.44. The van der Waals surface area contributed by atoms with Crippen LogP contribution in [-0.2, 0) is 24.0 Å². The van der Waals surface area contributed by atoms with Crippen molar-refractivity contribution >= 4 is 34.1 Å². The lowest BCUT2D eigenvalue weighted by Crippen LogP contribution is -2.59. The molecule has 0 aromatic heterocycles. The molecule has 47 heavy (non-hydrogen) atoms. The molecule has 0 spiro atoms. The summed E-state index contributed by atoms with van der Waals surface area (Å²) in [6.45, 7) is 30.3. The first-order chi connectivity index (χ1) is 21.8. The minimum Gasteiger partial charge on any atom is -0.415 e. The largest absolute Gasteiger partial charge is 0.415 e. The molecule has 2 saturated heterocycles. The van der Waals surface area contributed by atoms with Gasteiger partial charge in [-0.2, -0.15) is 0 Å². The lowest BCUT2D eigenvalue weighted by atomic mass is 9.69. The molecule has 0 saturated carbocycles. The van der Waals surface area contributed by atoms with Crippen LogP contribution in [0.25, 0.3) is 0 Å². The van der Waals surface area contributed by atoms with E-state index in [1.54, 1.807) is 0 Å². The van der Waals surface area contributed by atoms with Crippen LogP contribution in [0, 0.1) is 17.8 Å². The van der Waals surface area contributed by atoms with Gasteiger partial charge in [0.05, 0.1) is 17.5 Å². The number of carbonyl (C=O) groups is 2. The second-order valence-electron chi connectivity index (χ2n) is 17.5. The van der Waals surface area contributed by atoms with Crippen LogP contribution < -0.4 is 4.90 Å². The molecule has 0 unspecified atom stereocenters. The molecule has 0 bridgehead atoms. The number of hydrogen-bond donors (Lipinski definition) is 0. The van der Waals surface area contributed by atoms with E-state index >= 15 is 4.79 Å². The van der Waals surface area contributed by atoms with Crippen LogP contribution in [0.3, 0.4) is 0 Å². The summed E-state index contributed by atoms with van der Waals surface area (Å²) in [5.41, 5.74) is 3.27. The highest BCUT2D eigenvalue weighted by atomic mass is 28.4. The average Bonchev–Trinajstić information content (AvgIpc) is 3.42. The lowest BCUT2D eigenvalue weighted by Gasteiger charge is -2.53. The molecular weight excluding hydrogens is 615 g/mol. The zero-order valence-electron chi connectivity index (χ0n) is 31.2. The predicted molar refractivity (Wildman–Crippen MR) is 198 cm³/mol. The molecule has 5 nitrogen and oxygen atoms in total. The van der Waals surface area contributed by atoms with E-state index in [4.69, 9.17) is 8.85 Å². The van der Waals surface area contributed by atoms with Crippen molar-refractivity contribution in [1.29, 1.82) is 0 Å². The molecule has 2 aliphatic heterocycles. The topological polar surface area (TPSA) is 55.8 Å². The summed E-state index contributed by atoms with van der Waals surface area (Å²) < 4.78 is 15.1. The molecule has 2 fully saturated rings. The fraction of sp³-hybridized carbons (Fsp3) is 0.600. The van der Waals surface area contributed by atoms with Gasteiger partial charge in [0.15, 0.2) is 8.32 Å². The van der Waals surface area contributed by atoms with E-state index in [9.17, 15) is 4.79 Å². The number of hydrogen-bond acceptors (Lipinski definition) is 4. The Kier molecular flexibility index (Phi) is 9.35. The van der Waals surface area contributed by atoms with Gasteiger partial charge in [-0.05, 0) is 56.9 Å². The van der Waals surface area contributed by atoms with Crippen molar-refractivity contribution in [2.75, 3.05) is 11.5 Å². The highest BCUT2D eigenvalue weighted by molar-refractivity contribution is 6.82. The number of nitrogens with zero attached hydrogens (tertiary/aromatic N) is 1. The number of amides is 2. The SMILES string of the molecule is CC(C)[Si](OC[C@@H]1C=C2[C@@H]([C@H]3C(=O)N(c4ccccc4)C(=O)[C@H]31)[Si](C(C)(C)C)(C(C)(C)C)O[C@@]2(C)c1ccccc1)(C(C)C)C(C)C. The van der Waals surface area contributed by atoms with Gasteiger partial charge in [-0.3, -0.25) is 14.5 Å². The number of benzene rings is 2. The van der Waals surface area contributed by atoms with Crippen LogP contribution in [-0.4, -0.2) is 35.1 Å². The van der Waals surface area contributed by atoms with Crippen LogP contribution in [0.1, 0.15) is 95.6 Å². The second kappa shape index (κ2) is 12.2.